The number of aromatic nitrogens is 2. The average Bonchev–Trinajstić information content (AvgIpc) is 2.80. The molecule has 3 heterocycles. The zero-order valence-electron chi connectivity index (χ0n) is 17.9. The van der Waals surface area contributed by atoms with Crippen LogP contribution in [0.3, 0.4) is 0 Å². The van der Waals surface area contributed by atoms with Gasteiger partial charge in [-0.1, -0.05) is 41.9 Å². The predicted octanol–water partition coefficient (Wildman–Crippen LogP) is 3.36. The number of aryl methyl sites for hydroxylation is 1. The standard InChI is InChI=1S/C24H22ClN5O3/c1-13-6-7-16(25)10-18(13)26-22(32)17-11-19(31)27-21-20(17)23(33)29-24(28-21)30-9-8-14-4-2-3-5-15(14)12-30/h2-7,10,17H,8-9,11-12H2,1H3,(H,26,32)(H2,27,28,29,31,33)/t17-/m0/s1. The largest absolute Gasteiger partial charge is 0.338 e. The Morgan fingerprint density at radius 3 is 2.79 bits per heavy atom. The Labute approximate surface area is 195 Å². The van der Waals surface area contributed by atoms with E-state index in [0.29, 0.717) is 29.7 Å². The van der Waals surface area contributed by atoms with Crippen LogP contribution in [-0.2, 0) is 22.6 Å². The summed E-state index contributed by atoms with van der Waals surface area (Å²) in [6.45, 7) is 3.12. The van der Waals surface area contributed by atoms with Gasteiger partial charge in [-0.15, -0.1) is 0 Å². The second-order valence-electron chi connectivity index (χ2n) is 8.35. The van der Waals surface area contributed by atoms with Crippen LogP contribution in [-0.4, -0.2) is 28.3 Å². The van der Waals surface area contributed by atoms with Crippen LogP contribution in [0.4, 0.5) is 17.5 Å². The number of hydrogen-bond acceptors (Lipinski definition) is 5. The van der Waals surface area contributed by atoms with Crippen molar-refractivity contribution < 1.29 is 9.59 Å². The van der Waals surface area contributed by atoms with E-state index in [9.17, 15) is 14.4 Å². The number of amides is 2. The summed E-state index contributed by atoms with van der Waals surface area (Å²) in [4.78, 5) is 47.9. The van der Waals surface area contributed by atoms with E-state index in [4.69, 9.17) is 11.6 Å². The molecule has 3 aromatic rings. The molecule has 0 bridgehead atoms. The first-order chi connectivity index (χ1) is 15.9. The van der Waals surface area contributed by atoms with Gasteiger partial charge < -0.3 is 15.5 Å². The maximum Gasteiger partial charge on any atom is 0.258 e. The molecule has 33 heavy (non-hydrogen) atoms. The zero-order chi connectivity index (χ0) is 23.1. The molecule has 9 heteroatoms. The van der Waals surface area contributed by atoms with Crippen LogP contribution in [0.1, 0.15) is 34.6 Å². The van der Waals surface area contributed by atoms with E-state index in [1.165, 1.54) is 11.1 Å². The predicted molar refractivity (Wildman–Crippen MR) is 127 cm³/mol. The van der Waals surface area contributed by atoms with Crippen LogP contribution in [0.2, 0.25) is 5.02 Å². The highest BCUT2D eigenvalue weighted by Gasteiger charge is 2.35. The molecule has 2 aliphatic heterocycles. The molecule has 5 rings (SSSR count). The fourth-order valence-corrected chi connectivity index (χ4v) is 4.53. The number of carbonyl (C=O) groups is 2. The quantitative estimate of drug-likeness (QED) is 0.552. The average molecular weight is 464 g/mol. The fraction of sp³-hybridized carbons (Fsp3) is 0.250. The number of carbonyl (C=O) groups excluding carboxylic acids is 2. The Bertz CT molecular complexity index is 1340. The molecular weight excluding hydrogens is 442 g/mol. The summed E-state index contributed by atoms with van der Waals surface area (Å²) < 4.78 is 0. The molecule has 0 aliphatic carbocycles. The fourth-order valence-electron chi connectivity index (χ4n) is 4.36. The van der Waals surface area contributed by atoms with Crippen LogP contribution >= 0.6 is 11.6 Å². The first-order valence-electron chi connectivity index (χ1n) is 10.7. The van der Waals surface area contributed by atoms with Gasteiger partial charge in [-0.2, -0.15) is 4.98 Å². The van der Waals surface area contributed by atoms with Gasteiger partial charge >= 0.3 is 0 Å². The lowest BCUT2D eigenvalue weighted by Gasteiger charge is -2.30. The number of benzene rings is 2. The van der Waals surface area contributed by atoms with Gasteiger partial charge in [0.1, 0.15) is 5.82 Å². The molecular formula is C24H22ClN5O3. The van der Waals surface area contributed by atoms with E-state index in [0.717, 1.165) is 12.0 Å². The third kappa shape index (κ3) is 4.09. The molecule has 0 saturated carbocycles. The first-order valence-corrected chi connectivity index (χ1v) is 11.1. The minimum absolute atomic E-state index is 0.131. The molecule has 8 nitrogen and oxygen atoms in total. The number of aromatic amines is 1. The Morgan fingerprint density at radius 2 is 1.97 bits per heavy atom. The van der Waals surface area contributed by atoms with Gasteiger partial charge in [-0.05, 0) is 42.2 Å². The van der Waals surface area contributed by atoms with Gasteiger partial charge in [0, 0.05) is 30.2 Å². The Balaban J connectivity index is 1.46. The molecule has 0 spiro atoms. The molecule has 0 saturated heterocycles. The summed E-state index contributed by atoms with van der Waals surface area (Å²) in [5, 5.41) is 5.95. The van der Waals surface area contributed by atoms with E-state index in [1.807, 2.05) is 24.0 Å². The molecule has 2 aliphatic rings. The highest BCUT2D eigenvalue weighted by molar-refractivity contribution is 6.31. The first kappa shape index (κ1) is 21.2. The molecule has 168 valence electrons. The smallest absolute Gasteiger partial charge is 0.258 e. The summed E-state index contributed by atoms with van der Waals surface area (Å²) >= 11 is 6.05. The Kier molecular flexibility index (Phi) is 5.38. The van der Waals surface area contributed by atoms with Crippen LogP contribution < -0.4 is 21.1 Å². The monoisotopic (exact) mass is 463 g/mol. The lowest BCUT2D eigenvalue weighted by atomic mass is 9.92. The van der Waals surface area contributed by atoms with Crippen molar-refractivity contribution in [1.29, 1.82) is 0 Å². The second-order valence-corrected chi connectivity index (χ2v) is 8.78. The van der Waals surface area contributed by atoms with Crippen molar-refractivity contribution in [3.63, 3.8) is 0 Å². The third-order valence-corrected chi connectivity index (χ3v) is 6.38. The van der Waals surface area contributed by atoms with Gasteiger partial charge in [0.25, 0.3) is 5.56 Å². The maximum atomic E-state index is 13.1. The summed E-state index contributed by atoms with van der Waals surface area (Å²) in [6.07, 6.45) is 0.687. The number of nitrogens with zero attached hydrogens (tertiary/aromatic N) is 2. The van der Waals surface area contributed by atoms with Gasteiger partial charge in [0.05, 0.1) is 11.5 Å². The molecule has 2 aromatic carbocycles. The molecule has 1 atom stereocenters. The number of hydrogen-bond donors (Lipinski definition) is 3. The molecule has 3 N–H and O–H groups in total. The highest BCUT2D eigenvalue weighted by atomic mass is 35.5. The summed E-state index contributed by atoms with van der Waals surface area (Å²) in [6, 6.07) is 13.3. The van der Waals surface area contributed by atoms with Gasteiger partial charge in [-0.25, -0.2) is 0 Å². The summed E-state index contributed by atoms with van der Waals surface area (Å²) in [5.74, 6) is -1.27. The van der Waals surface area contributed by atoms with Crippen molar-refractivity contribution in [3.05, 3.63) is 80.1 Å². The molecule has 0 unspecified atom stereocenters. The Hall–Kier alpha value is -3.65. The van der Waals surface area contributed by atoms with E-state index in [2.05, 4.69) is 32.7 Å². The van der Waals surface area contributed by atoms with Crippen molar-refractivity contribution in [2.75, 3.05) is 22.1 Å². The minimum Gasteiger partial charge on any atom is -0.338 e. The Morgan fingerprint density at radius 1 is 1.18 bits per heavy atom. The van der Waals surface area contributed by atoms with Crippen molar-refractivity contribution in [3.8, 4) is 0 Å². The van der Waals surface area contributed by atoms with E-state index in [-0.39, 0.29) is 23.7 Å². The number of rotatable bonds is 3. The van der Waals surface area contributed by atoms with Crippen LogP contribution in [0.25, 0.3) is 0 Å². The van der Waals surface area contributed by atoms with Crippen molar-refractivity contribution in [1.82, 2.24) is 9.97 Å². The normalized spacial score (nSPS) is 17.1. The van der Waals surface area contributed by atoms with Crippen LogP contribution in [0.15, 0.2) is 47.3 Å². The van der Waals surface area contributed by atoms with Crippen LogP contribution in [0, 0.1) is 6.92 Å². The van der Waals surface area contributed by atoms with E-state index < -0.39 is 17.4 Å². The summed E-state index contributed by atoms with van der Waals surface area (Å²) in [5.41, 5.74) is 3.52. The van der Waals surface area contributed by atoms with Crippen molar-refractivity contribution in [2.24, 2.45) is 0 Å². The molecule has 0 fully saturated rings. The zero-order valence-corrected chi connectivity index (χ0v) is 18.7. The second kappa shape index (κ2) is 8.37. The number of nitrogens with one attached hydrogen (secondary N) is 3. The number of anilines is 3. The highest BCUT2D eigenvalue weighted by Crippen LogP contribution is 2.32. The molecule has 2 amide bonds. The topological polar surface area (TPSA) is 107 Å². The third-order valence-electron chi connectivity index (χ3n) is 6.14. The van der Waals surface area contributed by atoms with Crippen molar-refractivity contribution in [2.45, 2.75) is 32.2 Å². The summed E-state index contributed by atoms with van der Waals surface area (Å²) in [7, 11) is 0. The maximum absolute atomic E-state index is 13.1. The lowest BCUT2D eigenvalue weighted by Crippen LogP contribution is -2.39. The van der Waals surface area contributed by atoms with Gasteiger partial charge in [0.15, 0.2) is 0 Å². The molecule has 1 aromatic heterocycles. The SMILES string of the molecule is Cc1ccc(Cl)cc1NC(=O)[C@H]1CC(=O)Nc2nc(N3CCc4ccccc4C3)[nH]c(=O)c21. The van der Waals surface area contributed by atoms with Gasteiger partial charge in [0.2, 0.25) is 17.8 Å². The van der Waals surface area contributed by atoms with Crippen LogP contribution in [0.5, 0.6) is 0 Å². The number of halogens is 1. The van der Waals surface area contributed by atoms with E-state index >= 15 is 0 Å². The van der Waals surface area contributed by atoms with E-state index in [1.54, 1.807) is 18.2 Å². The lowest BCUT2D eigenvalue weighted by molar-refractivity contribution is -0.123. The van der Waals surface area contributed by atoms with Gasteiger partial charge in [-0.3, -0.25) is 19.4 Å². The number of fused-ring (bicyclic) bond motifs is 2. The minimum atomic E-state index is -0.959. The number of H-pyrrole nitrogens is 1. The molecule has 0 radical (unpaired) electrons. The van der Waals surface area contributed by atoms with Crippen molar-refractivity contribution >= 4 is 40.9 Å².